The number of hydrogen-bond acceptors (Lipinski definition) is 2. The molecule has 0 saturated heterocycles. The first-order chi connectivity index (χ1) is 8.00. The van der Waals surface area contributed by atoms with Gasteiger partial charge in [-0.2, -0.15) is 18.3 Å². The first-order valence-electron chi connectivity index (χ1n) is 4.84. The van der Waals surface area contributed by atoms with Crippen LogP contribution in [0, 0.1) is 0 Å². The Bertz CT molecular complexity index is 502. The monoisotopic (exact) mass is 242 g/mol. The Morgan fingerprint density at radius 3 is 2.24 bits per heavy atom. The van der Waals surface area contributed by atoms with Gasteiger partial charge < -0.3 is 5.11 Å². The first-order valence-corrected chi connectivity index (χ1v) is 4.84. The summed E-state index contributed by atoms with van der Waals surface area (Å²) in [5.74, 6) is 0. The molecule has 0 radical (unpaired) electrons. The van der Waals surface area contributed by atoms with E-state index in [0.29, 0.717) is 11.4 Å². The molecule has 0 aliphatic heterocycles. The van der Waals surface area contributed by atoms with Gasteiger partial charge in [0.1, 0.15) is 0 Å². The van der Waals surface area contributed by atoms with Gasteiger partial charge in [-0.15, -0.1) is 0 Å². The molecule has 0 fully saturated rings. The van der Waals surface area contributed by atoms with E-state index in [-0.39, 0.29) is 6.61 Å². The molecule has 6 heteroatoms. The van der Waals surface area contributed by atoms with Gasteiger partial charge in [0.15, 0.2) is 0 Å². The fourth-order valence-electron chi connectivity index (χ4n) is 1.39. The molecule has 0 atom stereocenters. The Balaban J connectivity index is 2.29. The Morgan fingerprint density at radius 1 is 1.12 bits per heavy atom. The van der Waals surface area contributed by atoms with Gasteiger partial charge in [-0.05, 0) is 30.3 Å². The van der Waals surface area contributed by atoms with E-state index in [1.165, 1.54) is 16.8 Å². The van der Waals surface area contributed by atoms with Crippen LogP contribution in [0.25, 0.3) is 5.69 Å². The molecule has 2 rings (SSSR count). The predicted octanol–water partition coefficient (Wildman–Crippen LogP) is 2.38. The van der Waals surface area contributed by atoms with Crippen LogP contribution in [0.5, 0.6) is 0 Å². The third-order valence-electron chi connectivity index (χ3n) is 2.27. The van der Waals surface area contributed by atoms with Crippen LogP contribution in [0.4, 0.5) is 13.2 Å². The quantitative estimate of drug-likeness (QED) is 0.878. The van der Waals surface area contributed by atoms with Gasteiger partial charge in [0.05, 0.1) is 23.6 Å². The van der Waals surface area contributed by atoms with Crippen LogP contribution < -0.4 is 0 Å². The summed E-state index contributed by atoms with van der Waals surface area (Å²) in [6, 6.07) is 6.25. The maximum atomic E-state index is 12.3. The molecular formula is C11H9F3N2O. The minimum atomic E-state index is -4.33. The number of rotatable bonds is 2. The standard InChI is InChI=1S/C11H9F3N2O/c12-11(13,14)8-1-3-10(4-2-8)16-6-5-9(7-17)15-16/h1-6,17H,7H2. The lowest BCUT2D eigenvalue weighted by Gasteiger charge is -2.07. The highest BCUT2D eigenvalue weighted by Crippen LogP contribution is 2.29. The molecule has 0 amide bonds. The Hall–Kier alpha value is -1.82. The molecule has 1 N–H and O–H groups in total. The van der Waals surface area contributed by atoms with Crippen LogP contribution in [0.3, 0.4) is 0 Å². The zero-order valence-electron chi connectivity index (χ0n) is 8.65. The Labute approximate surface area is 95.1 Å². The van der Waals surface area contributed by atoms with Crippen LogP contribution in [0.1, 0.15) is 11.3 Å². The maximum absolute atomic E-state index is 12.3. The number of alkyl halides is 3. The first kappa shape index (κ1) is 11.7. The van der Waals surface area contributed by atoms with Crippen molar-refractivity contribution in [2.75, 3.05) is 0 Å². The summed E-state index contributed by atoms with van der Waals surface area (Å²) in [7, 11) is 0. The second-order valence-electron chi connectivity index (χ2n) is 3.45. The molecule has 0 spiro atoms. The number of aliphatic hydroxyl groups is 1. The normalized spacial score (nSPS) is 11.8. The molecule has 0 bridgehead atoms. The van der Waals surface area contributed by atoms with E-state index in [9.17, 15) is 13.2 Å². The highest BCUT2D eigenvalue weighted by atomic mass is 19.4. The SMILES string of the molecule is OCc1ccn(-c2ccc(C(F)(F)F)cc2)n1. The zero-order valence-corrected chi connectivity index (χ0v) is 8.65. The van der Waals surface area contributed by atoms with Gasteiger partial charge in [-0.1, -0.05) is 0 Å². The summed E-state index contributed by atoms with van der Waals surface area (Å²) in [6.45, 7) is -0.201. The van der Waals surface area contributed by atoms with E-state index in [4.69, 9.17) is 5.11 Å². The van der Waals surface area contributed by atoms with Crippen molar-refractivity contribution in [1.82, 2.24) is 9.78 Å². The largest absolute Gasteiger partial charge is 0.416 e. The van der Waals surface area contributed by atoms with E-state index < -0.39 is 11.7 Å². The summed E-state index contributed by atoms with van der Waals surface area (Å²) >= 11 is 0. The van der Waals surface area contributed by atoms with Crippen molar-refractivity contribution in [2.45, 2.75) is 12.8 Å². The van der Waals surface area contributed by atoms with E-state index in [1.807, 2.05) is 0 Å². The van der Waals surface area contributed by atoms with Crippen LogP contribution in [-0.4, -0.2) is 14.9 Å². The minimum absolute atomic E-state index is 0.201. The van der Waals surface area contributed by atoms with Crippen molar-refractivity contribution in [1.29, 1.82) is 0 Å². The van der Waals surface area contributed by atoms with Crippen LogP contribution in [0.15, 0.2) is 36.5 Å². The maximum Gasteiger partial charge on any atom is 0.416 e. The highest BCUT2D eigenvalue weighted by molar-refractivity contribution is 5.35. The topological polar surface area (TPSA) is 38.0 Å². The third-order valence-corrected chi connectivity index (χ3v) is 2.27. The number of aromatic nitrogens is 2. The van der Waals surface area contributed by atoms with Crippen molar-refractivity contribution >= 4 is 0 Å². The number of aliphatic hydroxyl groups excluding tert-OH is 1. The molecule has 0 saturated carbocycles. The molecule has 90 valence electrons. The molecule has 1 heterocycles. The molecule has 2 aromatic rings. The van der Waals surface area contributed by atoms with E-state index in [2.05, 4.69) is 5.10 Å². The van der Waals surface area contributed by atoms with Gasteiger partial charge in [-0.25, -0.2) is 4.68 Å². The highest BCUT2D eigenvalue weighted by Gasteiger charge is 2.29. The lowest BCUT2D eigenvalue weighted by molar-refractivity contribution is -0.137. The van der Waals surface area contributed by atoms with Crippen molar-refractivity contribution < 1.29 is 18.3 Å². The molecule has 0 aliphatic rings. The van der Waals surface area contributed by atoms with Crippen LogP contribution in [0.2, 0.25) is 0 Å². The molecular weight excluding hydrogens is 233 g/mol. The van der Waals surface area contributed by atoms with Crippen molar-refractivity contribution in [3.8, 4) is 5.69 Å². The minimum Gasteiger partial charge on any atom is -0.390 e. The average Bonchev–Trinajstić information content (AvgIpc) is 2.76. The average molecular weight is 242 g/mol. The van der Waals surface area contributed by atoms with Crippen molar-refractivity contribution in [3.05, 3.63) is 47.8 Å². The summed E-state index contributed by atoms with van der Waals surface area (Å²) < 4.78 is 38.4. The third kappa shape index (κ3) is 2.47. The lowest BCUT2D eigenvalue weighted by atomic mass is 10.2. The van der Waals surface area contributed by atoms with Gasteiger partial charge >= 0.3 is 6.18 Å². The molecule has 1 aromatic heterocycles. The van der Waals surface area contributed by atoms with Crippen molar-refractivity contribution in [3.63, 3.8) is 0 Å². The van der Waals surface area contributed by atoms with Gasteiger partial charge in [0, 0.05) is 6.20 Å². The van der Waals surface area contributed by atoms with Gasteiger partial charge in [-0.3, -0.25) is 0 Å². The molecule has 3 nitrogen and oxygen atoms in total. The van der Waals surface area contributed by atoms with E-state index in [1.54, 1.807) is 12.3 Å². The van der Waals surface area contributed by atoms with Crippen LogP contribution >= 0.6 is 0 Å². The van der Waals surface area contributed by atoms with Crippen molar-refractivity contribution in [2.24, 2.45) is 0 Å². The predicted molar refractivity (Wildman–Crippen MR) is 54.5 cm³/mol. The van der Waals surface area contributed by atoms with Crippen LogP contribution in [-0.2, 0) is 12.8 Å². The number of nitrogens with zero attached hydrogens (tertiary/aromatic N) is 2. The Morgan fingerprint density at radius 2 is 1.76 bits per heavy atom. The summed E-state index contributed by atoms with van der Waals surface area (Å²) in [6.07, 6.45) is -2.76. The number of hydrogen-bond donors (Lipinski definition) is 1. The molecule has 0 unspecified atom stereocenters. The zero-order chi connectivity index (χ0) is 12.5. The molecule has 1 aromatic carbocycles. The smallest absolute Gasteiger partial charge is 0.390 e. The van der Waals surface area contributed by atoms with Gasteiger partial charge in [0.2, 0.25) is 0 Å². The summed E-state index contributed by atoms with van der Waals surface area (Å²) in [5.41, 5.74) is 0.276. The Kier molecular flexibility index (Phi) is 2.89. The summed E-state index contributed by atoms with van der Waals surface area (Å²) in [5, 5.41) is 12.8. The molecule has 17 heavy (non-hydrogen) atoms. The fourth-order valence-corrected chi connectivity index (χ4v) is 1.39. The number of benzene rings is 1. The summed E-state index contributed by atoms with van der Waals surface area (Å²) in [4.78, 5) is 0. The second-order valence-corrected chi connectivity index (χ2v) is 3.45. The van der Waals surface area contributed by atoms with E-state index >= 15 is 0 Å². The van der Waals surface area contributed by atoms with Gasteiger partial charge in [0.25, 0.3) is 0 Å². The fraction of sp³-hybridized carbons (Fsp3) is 0.182. The molecule has 0 aliphatic carbocycles. The lowest BCUT2D eigenvalue weighted by Crippen LogP contribution is -2.05. The van der Waals surface area contributed by atoms with E-state index in [0.717, 1.165) is 12.1 Å². The number of halogens is 3. The second kappa shape index (κ2) is 4.21.